The summed E-state index contributed by atoms with van der Waals surface area (Å²) in [4.78, 5) is 4.77. The van der Waals surface area contributed by atoms with E-state index in [1.165, 1.54) is 0 Å². The maximum atomic E-state index is 9.29. The molecule has 0 aliphatic carbocycles. The molecule has 10 nitrogen and oxygen atoms in total. The lowest BCUT2D eigenvalue weighted by Gasteiger charge is -2.31. The zero-order valence-corrected chi connectivity index (χ0v) is 19.9. The van der Waals surface area contributed by atoms with Gasteiger partial charge in [0, 0.05) is 26.2 Å². The minimum Gasteiger partial charge on any atom is -0.272 e. The van der Waals surface area contributed by atoms with E-state index in [0.29, 0.717) is 35.8 Å². The number of hydrogen-bond donors (Lipinski definition) is 0. The van der Waals surface area contributed by atoms with Crippen LogP contribution in [-0.2, 0) is 0 Å². The topological polar surface area (TPSA) is 110 Å². The second-order valence-corrected chi connectivity index (χ2v) is 8.72. The normalized spacial score (nSPS) is 18.3. The highest BCUT2D eigenvalue weighted by atomic mass is 15.6. The van der Waals surface area contributed by atoms with Gasteiger partial charge in [0.1, 0.15) is 23.5 Å². The molecule has 0 radical (unpaired) electrons. The fourth-order valence-corrected chi connectivity index (χ4v) is 4.20. The molecular weight excluding hydrogens is 440 g/mol. The molecule has 2 fully saturated rings. The minimum absolute atomic E-state index is 0.527. The fraction of sp³-hybridized carbons (Fsp3) is 0.440. The lowest BCUT2D eigenvalue weighted by Crippen LogP contribution is -2.44. The van der Waals surface area contributed by atoms with Gasteiger partial charge in [0.15, 0.2) is 0 Å². The zero-order valence-electron chi connectivity index (χ0n) is 19.9. The molecule has 10 heteroatoms. The molecule has 4 rings (SSSR count). The highest BCUT2D eigenvalue weighted by Gasteiger charge is 2.21. The van der Waals surface area contributed by atoms with Gasteiger partial charge in [0.25, 0.3) is 0 Å². The first-order chi connectivity index (χ1) is 17.2. The third-order valence-electron chi connectivity index (χ3n) is 6.01. The van der Waals surface area contributed by atoms with E-state index in [1.54, 1.807) is 12.1 Å². The molecule has 35 heavy (non-hydrogen) atoms. The van der Waals surface area contributed by atoms with Crippen LogP contribution in [0.15, 0.2) is 69.2 Å². The Labute approximate surface area is 206 Å². The van der Waals surface area contributed by atoms with Gasteiger partial charge >= 0.3 is 0 Å². The van der Waals surface area contributed by atoms with Crippen molar-refractivity contribution in [1.82, 2.24) is 19.8 Å². The molecule has 2 saturated heterocycles. The molecule has 0 N–H and O–H groups in total. The molecule has 0 aromatic heterocycles. The van der Waals surface area contributed by atoms with Gasteiger partial charge in [-0.05, 0) is 49.9 Å². The quantitative estimate of drug-likeness (QED) is 0.561. The summed E-state index contributed by atoms with van der Waals surface area (Å²) in [5.41, 5.74) is 2.24. The van der Waals surface area contributed by atoms with Crippen LogP contribution in [0.2, 0.25) is 0 Å². The van der Waals surface area contributed by atoms with E-state index in [1.807, 2.05) is 46.4 Å². The Bertz CT molecular complexity index is 1030. The van der Waals surface area contributed by atoms with Crippen molar-refractivity contribution in [2.75, 3.05) is 46.2 Å². The Kier molecular flexibility index (Phi) is 8.71. The third-order valence-corrected chi connectivity index (χ3v) is 6.01. The third kappa shape index (κ3) is 7.06. The maximum Gasteiger partial charge on any atom is 0.105 e. The number of hydrogen-bond acceptors (Lipinski definition) is 8. The molecule has 0 atom stereocenters. The van der Waals surface area contributed by atoms with Crippen molar-refractivity contribution in [2.45, 2.75) is 25.7 Å². The van der Waals surface area contributed by atoms with Gasteiger partial charge in [0.2, 0.25) is 0 Å². The lowest BCUT2D eigenvalue weighted by atomic mass is 10.2. The van der Waals surface area contributed by atoms with Gasteiger partial charge in [-0.1, -0.05) is 34.7 Å². The van der Waals surface area contributed by atoms with Crippen LogP contribution in [0.25, 0.3) is 0 Å². The van der Waals surface area contributed by atoms with Crippen molar-refractivity contribution < 1.29 is 0 Å². The van der Waals surface area contributed by atoms with E-state index in [4.69, 9.17) is 0 Å². The van der Waals surface area contributed by atoms with Crippen molar-refractivity contribution in [3.8, 4) is 12.1 Å². The second-order valence-electron chi connectivity index (χ2n) is 8.72. The molecule has 2 aromatic carbocycles. The van der Waals surface area contributed by atoms with Gasteiger partial charge in [-0.15, -0.1) is 10.2 Å². The Balaban J connectivity index is 1.37. The maximum absolute atomic E-state index is 9.29. The fourth-order valence-electron chi connectivity index (χ4n) is 4.20. The summed E-state index contributed by atoms with van der Waals surface area (Å²) >= 11 is 0. The summed E-state index contributed by atoms with van der Waals surface area (Å²) in [7, 11) is 0. The Morgan fingerprint density at radius 3 is 1.51 bits per heavy atom. The van der Waals surface area contributed by atoms with Crippen molar-refractivity contribution in [1.29, 1.82) is 10.5 Å². The summed E-state index contributed by atoms with van der Waals surface area (Å²) in [5.74, 6) is 0. The summed E-state index contributed by atoms with van der Waals surface area (Å²) in [6.07, 6.45) is 4.30. The predicted molar refractivity (Wildman–Crippen MR) is 131 cm³/mol. The lowest BCUT2D eigenvalue weighted by molar-refractivity contribution is 0.0535. The van der Waals surface area contributed by atoms with Gasteiger partial charge < -0.3 is 0 Å². The van der Waals surface area contributed by atoms with Crippen molar-refractivity contribution in [2.24, 2.45) is 20.7 Å². The highest BCUT2D eigenvalue weighted by Crippen LogP contribution is 2.21. The Hall–Kier alpha value is -3.86. The molecule has 2 aromatic rings. The summed E-state index contributed by atoms with van der Waals surface area (Å²) in [6.45, 7) is 5.85. The first-order valence-electron chi connectivity index (χ1n) is 12.0. The van der Waals surface area contributed by atoms with Crippen molar-refractivity contribution in [3.05, 3.63) is 59.7 Å². The first kappa shape index (κ1) is 24.3. The molecule has 0 bridgehead atoms. The van der Waals surface area contributed by atoms with E-state index in [-0.39, 0.29) is 0 Å². The Morgan fingerprint density at radius 1 is 0.629 bits per heavy atom. The zero-order chi connectivity index (χ0) is 24.3. The standard InChI is InChI=1S/C25H30N10/c26-17-22-9-1-3-11-24(22)28-30-34-15-7-5-13-32(20-34)19-33-14-6-8-16-35(21-33)31-29-25-12-4-2-10-23(25)18-27/h1-4,9-12H,5-8,13-16,19-21H2. The van der Waals surface area contributed by atoms with E-state index in [2.05, 4.69) is 42.6 Å². The van der Waals surface area contributed by atoms with E-state index in [0.717, 1.165) is 58.5 Å². The molecule has 0 spiro atoms. The summed E-state index contributed by atoms with van der Waals surface area (Å²) in [6, 6.07) is 18.9. The van der Waals surface area contributed by atoms with Crippen molar-refractivity contribution in [3.63, 3.8) is 0 Å². The molecule has 0 amide bonds. The highest BCUT2D eigenvalue weighted by molar-refractivity contribution is 5.52. The summed E-state index contributed by atoms with van der Waals surface area (Å²) < 4.78 is 0. The van der Waals surface area contributed by atoms with Gasteiger partial charge in [-0.3, -0.25) is 19.8 Å². The van der Waals surface area contributed by atoms with Crippen LogP contribution in [0.5, 0.6) is 0 Å². The number of nitriles is 2. The van der Waals surface area contributed by atoms with Gasteiger partial charge in [0.05, 0.1) is 31.1 Å². The molecule has 2 heterocycles. The van der Waals surface area contributed by atoms with Crippen LogP contribution in [-0.4, -0.2) is 66.0 Å². The van der Waals surface area contributed by atoms with Crippen LogP contribution in [0.1, 0.15) is 36.8 Å². The van der Waals surface area contributed by atoms with E-state index < -0.39 is 0 Å². The number of rotatable bonds is 6. The molecular formula is C25H30N10. The molecule has 0 saturated carbocycles. The smallest absolute Gasteiger partial charge is 0.105 e. The molecule has 0 unspecified atom stereocenters. The first-order valence-corrected chi connectivity index (χ1v) is 12.0. The monoisotopic (exact) mass is 470 g/mol. The SMILES string of the molecule is N#Cc1ccccc1N=NN1CCCCN(CN2CCCCN(N=Nc3ccccc3C#N)C2)C1. The second kappa shape index (κ2) is 12.6. The Morgan fingerprint density at radius 2 is 1.06 bits per heavy atom. The summed E-state index contributed by atoms with van der Waals surface area (Å²) in [5, 5.41) is 40.1. The van der Waals surface area contributed by atoms with Gasteiger partial charge in [-0.2, -0.15) is 10.5 Å². The molecule has 2 aliphatic rings. The number of nitrogens with zero attached hydrogens (tertiary/aromatic N) is 10. The van der Waals surface area contributed by atoms with Crippen LogP contribution >= 0.6 is 0 Å². The van der Waals surface area contributed by atoms with E-state index in [9.17, 15) is 10.5 Å². The minimum atomic E-state index is 0.527. The number of benzene rings is 2. The predicted octanol–water partition coefficient (Wildman–Crippen LogP) is 4.80. The molecule has 180 valence electrons. The molecule has 2 aliphatic heterocycles. The van der Waals surface area contributed by atoms with Crippen LogP contribution in [0, 0.1) is 22.7 Å². The van der Waals surface area contributed by atoms with Crippen molar-refractivity contribution >= 4 is 11.4 Å². The van der Waals surface area contributed by atoms with Crippen LogP contribution < -0.4 is 0 Å². The van der Waals surface area contributed by atoms with E-state index >= 15 is 0 Å². The average molecular weight is 471 g/mol. The average Bonchev–Trinajstić information content (AvgIpc) is 3.26. The van der Waals surface area contributed by atoms with Crippen LogP contribution in [0.3, 0.4) is 0 Å². The van der Waals surface area contributed by atoms with Crippen LogP contribution in [0.4, 0.5) is 11.4 Å². The van der Waals surface area contributed by atoms with Gasteiger partial charge in [-0.25, -0.2) is 0 Å². The largest absolute Gasteiger partial charge is 0.272 e.